The van der Waals surface area contributed by atoms with E-state index in [0.717, 1.165) is 6.42 Å². The fourth-order valence-corrected chi connectivity index (χ4v) is 8.51. The number of nitrogens with zero attached hydrogens (tertiary/aromatic N) is 2. The topological polar surface area (TPSA) is 9.86 Å². The van der Waals surface area contributed by atoms with Crippen LogP contribution in [0.4, 0.5) is 0 Å². The van der Waals surface area contributed by atoms with Gasteiger partial charge < -0.3 is 9.13 Å². The summed E-state index contributed by atoms with van der Waals surface area (Å²) >= 11 is 0. The summed E-state index contributed by atoms with van der Waals surface area (Å²) in [5.74, 6) is 0. The fourth-order valence-electron chi connectivity index (χ4n) is 8.51. The average Bonchev–Trinajstić information content (AvgIpc) is 3.73. The quantitative estimate of drug-likeness (QED) is 0.190. The number of para-hydroxylation sites is 3. The molecule has 0 N–H and O–H groups in total. The molecule has 0 bridgehead atoms. The largest absolute Gasteiger partial charge is 0.333 e. The number of hydrogen-bond donors (Lipinski definition) is 0. The van der Waals surface area contributed by atoms with Crippen LogP contribution in [-0.4, -0.2) is 9.13 Å². The molecule has 0 fully saturated rings. The lowest BCUT2D eigenvalue weighted by molar-refractivity contribution is 0.633. The van der Waals surface area contributed by atoms with Crippen molar-refractivity contribution in [3.05, 3.63) is 174 Å². The zero-order valence-electron chi connectivity index (χ0n) is 26.2. The summed E-state index contributed by atoms with van der Waals surface area (Å²) in [6, 6.07) is 49.4. The molecule has 2 aliphatic carbocycles. The first-order chi connectivity index (χ1) is 23.2. The van der Waals surface area contributed by atoms with E-state index in [1.165, 1.54) is 93.8 Å². The van der Waals surface area contributed by atoms with E-state index in [2.05, 4.69) is 162 Å². The zero-order chi connectivity index (χ0) is 31.2. The van der Waals surface area contributed by atoms with Gasteiger partial charge in [-0.1, -0.05) is 110 Å². The standard InChI is InChI=1S/C45H32N2/c1-3-34-28(2)39-27-33(24-31-12-11-17-38(34)45(31)39)47-42-19-10-8-16-36(42)40-25-29(21-23-43(40)47)30-20-22-37-35-15-7-9-18-41(35)46(44(37)26-30)32-13-5-4-6-14-32/h3-23,25-27,33H,1,24H2,2H3. The van der Waals surface area contributed by atoms with Crippen LogP contribution in [0.5, 0.6) is 0 Å². The maximum atomic E-state index is 4.15. The minimum absolute atomic E-state index is 0.220. The van der Waals surface area contributed by atoms with E-state index < -0.39 is 0 Å². The molecule has 8 aromatic rings. The number of allylic oxidation sites excluding steroid dienone is 5. The van der Waals surface area contributed by atoms with Crippen LogP contribution in [0, 0.1) is 0 Å². The molecule has 2 aromatic heterocycles. The molecule has 10 rings (SSSR count). The first-order valence-electron chi connectivity index (χ1n) is 16.5. The van der Waals surface area contributed by atoms with Crippen molar-refractivity contribution in [2.45, 2.75) is 19.4 Å². The van der Waals surface area contributed by atoms with E-state index in [-0.39, 0.29) is 6.04 Å². The predicted octanol–water partition coefficient (Wildman–Crippen LogP) is 11.7. The molecule has 0 aliphatic heterocycles. The van der Waals surface area contributed by atoms with E-state index in [4.69, 9.17) is 0 Å². The van der Waals surface area contributed by atoms with Crippen LogP contribution in [-0.2, 0) is 6.42 Å². The second-order valence-corrected chi connectivity index (χ2v) is 13.0. The molecule has 222 valence electrons. The summed E-state index contributed by atoms with van der Waals surface area (Å²) in [4.78, 5) is 0. The van der Waals surface area contributed by atoms with Gasteiger partial charge >= 0.3 is 0 Å². The lowest BCUT2D eigenvalue weighted by Crippen LogP contribution is -2.15. The Labute approximate surface area is 273 Å². The summed E-state index contributed by atoms with van der Waals surface area (Å²) in [6.45, 7) is 6.40. The lowest BCUT2D eigenvalue weighted by atomic mass is 9.86. The van der Waals surface area contributed by atoms with Crippen molar-refractivity contribution >= 4 is 54.8 Å². The molecule has 2 heterocycles. The van der Waals surface area contributed by atoms with Crippen molar-refractivity contribution in [3.63, 3.8) is 0 Å². The molecule has 1 unspecified atom stereocenters. The molecule has 0 saturated heterocycles. The number of fused-ring (bicyclic) bond motifs is 6. The van der Waals surface area contributed by atoms with Gasteiger partial charge in [0.1, 0.15) is 0 Å². The highest BCUT2D eigenvalue weighted by atomic mass is 15.0. The Balaban J connectivity index is 1.16. The van der Waals surface area contributed by atoms with Crippen molar-refractivity contribution in [1.82, 2.24) is 9.13 Å². The Kier molecular flexibility index (Phi) is 5.51. The van der Waals surface area contributed by atoms with Crippen LogP contribution in [0.25, 0.3) is 71.6 Å². The lowest BCUT2D eigenvalue weighted by Gasteiger charge is -2.26. The van der Waals surface area contributed by atoms with Gasteiger partial charge in [-0.25, -0.2) is 0 Å². The van der Waals surface area contributed by atoms with Crippen LogP contribution in [0.2, 0.25) is 0 Å². The van der Waals surface area contributed by atoms with Gasteiger partial charge in [0, 0.05) is 38.3 Å². The molecule has 0 amide bonds. The van der Waals surface area contributed by atoms with Gasteiger partial charge in [0.05, 0.1) is 17.1 Å². The van der Waals surface area contributed by atoms with Gasteiger partial charge in [0.25, 0.3) is 0 Å². The van der Waals surface area contributed by atoms with E-state index in [0.29, 0.717) is 0 Å². The highest BCUT2D eigenvalue weighted by Crippen LogP contribution is 2.49. The second kappa shape index (κ2) is 9.82. The molecular formula is C45H32N2. The number of benzene rings is 6. The Morgan fingerprint density at radius 3 is 2.13 bits per heavy atom. The van der Waals surface area contributed by atoms with Gasteiger partial charge in [-0.3, -0.25) is 0 Å². The minimum atomic E-state index is 0.220. The SMILES string of the molecule is C=CC1=C(C)C2=CC(n3c4ccccc4c4cc(-c5ccc6c7ccccc7n(-c7ccccc7)c6c5)ccc43)Cc3cccc1c32. The van der Waals surface area contributed by atoms with Crippen LogP contribution in [0.3, 0.4) is 0 Å². The van der Waals surface area contributed by atoms with E-state index in [1.807, 2.05) is 6.08 Å². The number of rotatable bonds is 4. The van der Waals surface area contributed by atoms with Crippen molar-refractivity contribution in [2.24, 2.45) is 0 Å². The number of aromatic nitrogens is 2. The smallest absolute Gasteiger partial charge is 0.0572 e. The Morgan fingerprint density at radius 2 is 1.30 bits per heavy atom. The highest BCUT2D eigenvalue weighted by Gasteiger charge is 2.31. The summed E-state index contributed by atoms with van der Waals surface area (Å²) in [7, 11) is 0. The monoisotopic (exact) mass is 600 g/mol. The Bertz CT molecular complexity index is 2670. The van der Waals surface area contributed by atoms with E-state index in [9.17, 15) is 0 Å². The van der Waals surface area contributed by atoms with Crippen LogP contribution < -0.4 is 0 Å². The molecule has 47 heavy (non-hydrogen) atoms. The third-order valence-electron chi connectivity index (χ3n) is 10.6. The van der Waals surface area contributed by atoms with Gasteiger partial charge in [-0.2, -0.15) is 0 Å². The van der Waals surface area contributed by atoms with Gasteiger partial charge in [-0.05, 0) is 100 Å². The highest BCUT2D eigenvalue weighted by molar-refractivity contribution is 6.12. The maximum absolute atomic E-state index is 4.15. The van der Waals surface area contributed by atoms with Crippen molar-refractivity contribution < 1.29 is 0 Å². The summed E-state index contributed by atoms with van der Waals surface area (Å²) < 4.78 is 4.97. The second-order valence-electron chi connectivity index (χ2n) is 13.0. The fraction of sp³-hybridized carbons (Fsp3) is 0.0667. The summed E-state index contributed by atoms with van der Waals surface area (Å²) in [5.41, 5.74) is 16.8. The molecular weight excluding hydrogens is 569 g/mol. The molecule has 2 nitrogen and oxygen atoms in total. The molecule has 1 atom stereocenters. The third kappa shape index (κ3) is 3.67. The molecule has 0 saturated carbocycles. The molecule has 2 heteroatoms. The third-order valence-corrected chi connectivity index (χ3v) is 10.6. The van der Waals surface area contributed by atoms with Gasteiger partial charge in [0.2, 0.25) is 0 Å². The van der Waals surface area contributed by atoms with Crippen LogP contribution in [0.15, 0.2) is 158 Å². The normalized spacial score (nSPS) is 15.6. The first-order valence-corrected chi connectivity index (χ1v) is 16.5. The summed E-state index contributed by atoms with van der Waals surface area (Å²) in [6.07, 6.45) is 5.51. The van der Waals surface area contributed by atoms with Crippen LogP contribution in [0.1, 0.15) is 29.7 Å². The maximum Gasteiger partial charge on any atom is 0.0572 e. The molecule has 6 aromatic carbocycles. The minimum Gasteiger partial charge on any atom is -0.333 e. The van der Waals surface area contributed by atoms with E-state index >= 15 is 0 Å². The number of hydrogen-bond acceptors (Lipinski definition) is 0. The molecule has 0 radical (unpaired) electrons. The first kappa shape index (κ1) is 26.4. The Hall–Kier alpha value is -5.86. The van der Waals surface area contributed by atoms with Gasteiger partial charge in [-0.15, -0.1) is 0 Å². The summed E-state index contributed by atoms with van der Waals surface area (Å²) in [5, 5.41) is 5.15. The zero-order valence-corrected chi connectivity index (χ0v) is 26.2. The Morgan fingerprint density at radius 1 is 0.617 bits per heavy atom. The molecule has 2 aliphatic rings. The van der Waals surface area contributed by atoms with Crippen molar-refractivity contribution in [2.75, 3.05) is 0 Å². The van der Waals surface area contributed by atoms with Crippen molar-refractivity contribution in [1.29, 1.82) is 0 Å². The van der Waals surface area contributed by atoms with E-state index in [1.54, 1.807) is 0 Å². The van der Waals surface area contributed by atoms with Crippen LogP contribution >= 0.6 is 0 Å². The molecule has 0 spiro atoms. The van der Waals surface area contributed by atoms with Crippen molar-refractivity contribution in [3.8, 4) is 16.8 Å². The average molecular weight is 601 g/mol. The predicted molar refractivity (Wildman–Crippen MR) is 199 cm³/mol. The van der Waals surface area contributed by atoms with Gasteiger partial charge in [0.15, 0.2) is 0 Å².